The SMILES string of the molecule is CCO[C@@H](C(C[C@@H](C)[C@H]1C[C@H](O)[C@@]2(C)C3CC[C@H]4C(C)(C)[C@@H](O[C@H]5CN(C6CN(CC(C)(C)O)C6)CCO5)CC[C@@]45C[C@@]35CC[C@]12C)OC)C(C)(C)O. The average Bonchev–Trinajstić information content (AvgIpc) is 3.67. The summed E-state index contributed by atoms with van der Waals surface area (Å²) in [6.45, 7) is 27.6. The molecular weight excluding hydrogens is 668 g/mol. The maximum Gasteiger partial charge on any atom is 0.170 e. The van der Waals surface area contributed by atoms with E-state index in [-0.39, 0.29) is 40.8 Å². The third-order valence-corrected chi connectivity index (χ3v) is 17.6. The Morgan fingerprint density at radius 2 is 1.60 bits per heavy atom. The molecule has 2 saturated heterocycles. The van der Waals surface area contributed by atoms with Crippen LogP contribution < -0.4 is 0 Å². The Morgan fingerprint density at radius 1 is 0.925 bits per heavy atom. The van der Waals surface area contributed by atoms with Gasteiger partial charge in [-0.3, -0.25) is 9.80 Å². The lowest BCUT2D eigenvalue weighted by Crippen LogP contribution is -2.64. The van der Waals surface area contributed by atoms with Crippen molar-refractivity contribution in [3.8, 4) is 0 Å². The van der Waals surface area contributed by atoms with Crippen LogP contribution in [0.25, 0.3) is 0 Å². The molecule has 3 N–H and O–H groups in total. The van der Waals surface area contributed by atoms with E-state index >= 15 is 0 Å². The van der Waals surface area contributed by atoms with E-state index in [1.807, 2.05) is 34.6 Å². The van der Waals surface area contributed by atoms with E-state index in [2.05, 4.69) is 44.4 Å². The molecule has 2 spiro atoms. The number of methoxy groups -OCH3 is 1. The normalized spacial score (nSPS) is 44.9. The third kappa shape index (κ3) is 6.53. The Balaban J connectivity index is 1.02. The Kier molecular flexibility index (Phi) is 10.7. The zero-order chi connectivity index (χ0) is 38.6. The predicted octanol–water partition coefficient (Wildman–Crippen LogP) is 6.11. The minimum atomic E-state index is -1.00. The van der Waals surface area contributed by atoms with Crippen molar-refractivity contribution in [3.63, 3.8) is 0 Å². The van der Waals surface area contributed by atoms with Crippen molar-refractivity contribution in [2.24, 2.45) is 50.7 Å². The van der Waals surface area contributed by atoms with Crippen LogP contribution in [0.5, 0.6) is 0 Å². The van der Waals surface area contributed by atoms with Crippen molar-refractivity contribution in [2.45, 2.75) is 175 Å². The highest BCUT2D eigenvalue weighted by Gasteiger charge is 2.83. The van der Waals surface area contributed by atoms with E-state index < -0.39 is 17.3 Å². The molecule has 0 aromatic carbocycles. The van der Waals surface area contributed by atoms with E-state index in [9.17, 15) is 15.3 Å². The second kappa shape index (κ2) is 13.9. The summed E-state index contributed by atoms with van der Waals surface area (Å²) < 4.78 is 25.5. The highest BCUT2D eigenvalue weighted by molar-refractivity contribution is 5.31. The van der Waals surface area contributed by atoms with Crippen LogP contribution >= 0.6 is 0 Å². The van der Waals surface area contributed by atoms with Gasteiger partial charge < -0.3 is 34.3 Å². The van der Waals surface area contributed by atoms with Gasteiger partial charge in [0.2, 0.25) is 0 Å². The van der Waals surface area contributed by atoms with Gasteiger partial charge in [0.05, 0.1) is 36.1 Å². The fourth-order valence-electron chi connectivity index (χ4n) is 15.0. The van der Waals surface area contributed by atoms with Crippen LogP contribution in [0.4, 0.5) is 0 Å². The molecule has 13 atom stereocenters. The number of fused-ring (bicyclic) bond motifs is 2. The number of nitrogens with zero attached hydrogens (tertiary/aromatic N) is 2. The number of β-amino-alcohol motifs (C(OH)–C–C–N with tert-alkyl or cyclic N) is 1. The Hall–Kier alpha value is -0.360. The average molecular weight is 747 g/mol. The van der Waals surface area contributed by atoms with Crippen molar-refractivity contribution >= 4 is 0 Å². The van der Waals surface area contributed by atoms with Gasteiger partial charge in [0.1, 0.15) is 6.10 Å². The molecule has 9 nitrogen and oxygen atoms in total. The Morgan fingerprint density at radius 3 is 2.25 bits per heavy atom. The lowest BCUT2D eigenvalue weighted by atomic mass is 9.41. The van der Waals surface area contributed by atoms with Crippen LogP contribution in [0, 0.1) is 50.7 Å². The molecule has 0 radical (unpaired) electrons. The fourth-order valence-corrected chi connectivity index (χ4v) is 15.0. The van der Waals surface area contributed by atoms with E-state index in [1.165, 1.54) is 38.5 Å². The van der Waals surface area contributed by atoms with Crippen molar-refractivity contribution < 1.29 is 34.3 Å². The van der Waals surface area contributed by atoms with Gasteiger partial charge in [-0.1, -0.05) is 34.6 Å². The zero-order valence-corrected chi connectivity index (χ0v) is 35.5. The maximum atomic E-state index is 12.3. The number of ether oxygens (including phenoxy) is 4. The number of morpholine rings is 1. The summed E-state index contributed by atoms with van der Waals surface area (Å²) in [4.78, 5) is 4.92. The Bertz CT molecular complexity index is 1310. The molecule has 2 unspecified atom stereocenters. The van der Waals surface area contributed by atoms with Crippen LogP contribution in [0.15, 0.2) is 0 Å². The molecule has 9 heteroatoms. The molecule has 2 heterocycles. The van der Waals surface area contributed by atoms with E-state index in [4.69, 9.17) is 18.9 Å². The third-order valence-electron chi connectivity index (χ3n) is 17.6. The van der Waals surface area contributed by atoms with Gasteiger partial charge in [0.15, 0.2) is 6.29 Å². The molecular formula is C44H78N2O7. The van der Waals surface area contributed by atoms with Crippen molar-refractivity contribution in [3.05, 3.63) is 0 Å². The fraction of sp³-hybridized carbons (Fsp3) is 1.00. The van der Waals surface area contributed by atoms with Crippen LogP contribution in [-0.4, -0.2) is 126 Å². The number of aliphatic hydroxyl groups excluding tert-OH is 1. The molecule has 2 aliphatic heterocycles. The standard InChI is InChI=1S/C44H78N2O7/c1-12-51-37(40(7,8)49)31(50-11)21-28(2)30-22-34(47)42(10)33-14-13-32-39(5,6)35(15-16-43(32)26-44(33,43)18-17-41(30,42)9)53-36-25-46(19-20-52-36)29-23-45(24-29)27-38(3,4)48/h28-37,47-49H,12-27H2,1-11H3/t28-,30-,31?,32+,33?,34+,35+,36+,37+,41-,42-,43-,44+/m1/s1. The number of hydrogen-bond donors (Lipinski definition) is 3. The monoisotopic (exact) mass is 747 g/mol. The van der Waals surface area contributed by atoms with Crippen molar-refractivity contribution in [2.75, 3.05) is 53.0 Å². The molecule has 5 saturated carbocycles. The lowest BCUT2D eigenvalue weighted by Gasteiger charge is -2.64. The molecule has 7 aliphatic rings. The first-order valence-electron chi connectivity index (χ1n) is 21.7. The van der Waals surface area contributed by atoms with Crippen LogP contribution in [-0.2, 0) is 18.9 Å². The minimum absolute atomic E-state index is 0.0539. The van der Waals surface area contributed by atoms with Crippen LogP contribution in [0.1, 0.15) is 127 Å². The summed E-state index contributed by atoms with van der Waals surface area (Å²) in [5.41, 5.74) is -0.952. The van der Waals surface area contributed by atoms with Gasteiger partial charge in [-0.05, 0) is 138 Å². The number of aliphatic hydroxyl groups is 3. The van der Waals surface area contributed by atoms with Gasteiger partial charge in [-0.2, -0.15) is 0 Å². The highest BCUT2D eigenvalue weighted by Crippen LogP contribution is 2.89. The Labute approximate surface area is 322 Å². The quantitative estimate of drug-likeness (QED) is 0.206. The van der Waals surface area contributed by atoms with Gasteiger partial charge in [-0.25, -0.2) is 0 Å². The van der Waals surface area contributed by atoms with Crippen molar-refractivity contribution in [1.82, 2.24) is 9.80 Å². The van der Waals surface area contributed by atoms with Gasteiger partial charge in [0.25, 0.3) is 0 Å². The van der Waals surface area contributed by atoms with Gasteiger partial charge in [0, 0.05) is 57.9 Å². The first kappa shape index (κ1) is 40.8. The second-order valence-electron chi connectivity index (χ2n) is 21.7. The molecule has 0 aromatic heterocycles. The summed E-state index contributed by atoms with van der Waals surface area (Å²) in [6.07, 6.45) is 9.33. The molecule has 306 valence electrons. The minimum Gasteiger partial charge on any atom is -0.393 e. The number of likely N-dealkylation sites (tertiary alicyclic amines) is 1. The second-order valence-corrected chi connectivity index (χ2v) is 21.7. The van der Waals surface area contributed by atoms with Crippen molar-refractivity contribution in [1.29, 1.82) is 0 Å². The molecule has 0 aromatic rings. The molecule has 53 heavy (non-hydrogen) atoms. The highest BCUT2D eigenvalue weighted by atomic mass is 16.7. The zero-order valence-electron chi connectivity index (χ0n) is 35.5. The summed E-state index contributed by atoms with van der Waals surface area (Å²) in [6, 6.07) is 0.518. The summed E-state index contributed by atoms with van der Waals surface area (Å²) in [5.74, 6) is 1.91. The lowest BCUT2D eigenvalue weighted by molar-refractivity contribution is -0.253. The summed E-state index contributed by atoms with van der Waals surface area (Å²) >= 11 is 0. The predicted molar refractivity (Wildman–Crippen MR) is 207 cm³/mol. The van der Waals surface area contributed by atoms with E-state index in [0.717, 1.165) is 58.6 Å². The summed E-state index contributed by atoms with van der Waals surface area (Å²) in [7, 11) is 1.75. The number of hydrogen-bond acceptors (Lipinski definition) is 9. The summed E-state index contributed by atoms with van der Waals surface area (Å²) in [5, 5.41) is 33.5. The van der Waals surface area contributed by atoms with E-state index in [1.54, 1.807) is 7.11 Å². The first-order valence-corrected chi connectivity index (χ1v) is 21.7. The topological polar surface area (TPSA) is 104 Å². The molecule has 0 amide bonds. The van der Waals surface area contributed by atoms with Crippen LogP contribution in [0.3, 0.4) is 0 Å². The molecule has 7 fully saturated rings. The molecule has 5 aliphatic carbocycles. The van der Waals surface area contributed by atoms with E-state index in [0.29, 0.717) is 47.2 Å². The van der Waals surface area contributed by atoms with Gasteiger partial charge >= 0.3 is 0 Å². The molecule has 7 rings (SSSR count). The smallest absolute Gasteiger partial charge is 0.170 e. The largest absolute Gasteiger partial charge is 0.393 e. The molecule has 0 bridgehead atoms. The van der Waals surface area contributed by atoms with Gasteiger partial charge in [-0.15, -0.1) is 0 Å². The van der Waals surface area contributed by atoms with Crippen LogP contribution in [0.2, 0.25) is 0 Å². The maximum absolute atomic E-state index is 12.3. The number of rotatable bonds is 13. The first-order chi connectivity index (χ1) is 24.7.